The molecule has 7 nitrogen and oxygen atoms in total. The van der Waals surface area contributed by atoms with Crippen molar-refractivity contribution >= 4 is 11.8 Å². The quantitative estimate of drug-likeness (QED) is 0.893. The summed E-state index contributed by atoms with van der Waals surface area (Å²) in [5, 5.41) is 10.6. The fourth-order valence-electron chi connectivity index (χ4n) is 3.23. The molecule has 2 aromatic heterocycles. The van der Waals surface area contributed by atoms with Crippen LogP contribution in [0.1, 0.15) is 35.6 Å². The molecule has 25 heavy (non-hydrogen) atoms. The fourth-order valence-corrected chi connectivity index (χ4v) is 3.23. The van der Waals surface area contributed by atoms with Crippen LogP contribution in [-0.2, 0) is 6.54 Å². The number of hydrogen-bond acceptors (Lipinski definition) is 4. The molecule has 2 aromatic rings. The second-order valence-electron chi connectivity index (χ2n) is 6.96. The average molecular weight is 340 g/mol. The number of aromatic nitrogens is 3. The summed E-state index contributed by atoms with van der Waals surface area (Å²) in [6.45, 7) is 5.56. The molecule has 0 radical (unpaired) electrons. The van der Waals surface area contributed by atoms with Crippen molar-refractivity contribution in [1.29, 1.82) is 0 Å². The van der Waals surface area contributed by atoms with Gasteiger partial charge < -0.3 is 15.1 Å². The zero-order valence-corrected chi connectivity index (χ0v) is 14.5. The Bertz CT molecular complexity index is 746. The van der Waals surface area contributed by atoms with Crippen LogP contribution in [0.3, 0.4) is 0 Å². The zero-order chi connectivity index (χ0) is 17.2. The summed E-state index contributed by atoms with van der Waals surface area (Å²) in [6.07, 6.45) is 6.15. The third kappa shape index (κ3) is 3.75. The third-order valence-electron chi connectivity index (χ3n) is 4.87. The predicted molar refractivity (Wildman–Crippen MR) is 95.6 cm³/mol. The van der Waals surface area contributed by atoms with E-state index in [0.29, 0.717) is 25.6 Å². The Labute approximate surface area is 147 Å². The number of aryl methyl sites for hydroxylation is 1. The normalized spacial score (nSPS) is 17.6. The van der Waals surface area contributed by atoms with Gasteiger partial charge in [0.05, 0.1) is 0 Å². The molecule has 7 heteroatoms. The maximum atomic E-state index is 12.4. The highest BCUT2D eigenvalue weighted by Crippen LogP contribution is 2.39. The minimum Gasteiger partial charge on any atom is -0.352 e. The number of carbonyl (C=O) groups excluding carboxylic acids is 1. The van der Waals surface area contributed by atoms with Gasteiger partial charge in [0.1, 0.15) is 0 Å². The van der Waals surface area contributed by atoms with Gasteiger partial charge in [0.2, 0.25) is 0 Å². The summed E-state index contributed by atoms with van der Waals surface area (Å²) in [5.74, 6) is 1.69. The molecule has 0 spiro atoms. The van der Waals surface area contributed by atoms with Gasteiger partial charge in [-0.15, -0.1) is 0 Å². The molecule has 1 aliphatic carbocycles. The number of anilines is 1. The number of pyridine rings is 1. The summed E-state index contributed by atoms with van der Waals surface area (Å²) in [5.41, 5.74) is 3.38. The first-order valence-electron chi connectivity index (χ1n) is 8.92. The number of rotatable bonds is 4. The summed E-state index contributed by atoms with van der Waals surface area (Å²) in [6, 6.07) is 4.19. The van der Waals surface area contributed by atoms with Crippen LogP contribution in [-0.4, -0.2) is 52.3 Å². The average Bonchev–Trinajstić information content (AvgIpc) is 3.37. The van der Waals surface area contributed by atoms with Crippen molar-refractivity contribution in [2.75, 3.05) is 31.1 Å². The van der Waals surface area contributed by atoms with Crippen molar-refractivity contribution in [3.05, 3.63) is 41.3 Å². The van der Waals surface area contributed by atoms with Gasteiger partial charge >= 0.3 is 6.03 Å². The largest absolute Gasteiger partial charge is 0.352 e. The van der Waals surface area contributed by atoms with Crippen molar-refractivity contribution in [3.8, 4) is 0 Å². The van der Waals surface area contributed by atoms with Crippen LogP contribution in [0.4, 0.5) is 10.6 Å². The molecular weight excluding hydrogens is 316 g/mol. The van der Waals surface area contributed by atoms with Crippen molar-refractivity contribution < 1.29 is 4.79 Å². The van der Waals surface area contributed by atoms with E-state index in [0.717, 1.165) is 30.0 Å². The molecule has 4 rings (SSSR count). The molecule has 1 aliphatic heterocycles. The molecule has 2 aliphatic rings. The van der Waals surface area contributed by atoms with Crippen molar-refractivity contribution in [2.24, 2.45) is 0 Å². The van der Waals surface area contributed by atoms with Crippen LogP contribution in [0.15, 0.2) is 24.5 Å². The smallest absolute Gasteiger partial charge is 0.317 e. The zero-order valence-electron chi connectivity index (χ0n) is 14.5. The standard InChI is InChI=1S/C18H24N6O/c1-13-8-14(11-19-10-13)12-20-18(25)24-6-4-23(5-7-24)17-9-16(21-22-17)15-2-3-15/h8-11,15H,2-7,12H2,1H3,(H,20,25)(H,21,22). The Hall–Kier alpha value is -2.57. The molecule has 1 saturated heterocycles. The monoisotopic (exact) mass is 340 g/mol. The van der Waals surface area contributed by atoms with Crippen LogP contribution in [0.2, 0.25) is 0 Å². The Kier molecular flexibility index (Phi) is 4.29. The minimum absolute atomic E-state index is 0.0122. The molecular formula is C18H24N6O. The topological polar surface area (TPSA) is 77.2 Å². The highest BCUT2D eigenvalue weighted by Gasteiger charge is 2.27. The van der Waals surface area contributed by atoms with Crippen LogP contribution in [0, 0.1) is 6.92 Å². The van der Waals surface area contributed by atoms with E-state index in [1.807, 2.05) is 24.1 Å². The highest BCUT2D eigenvalue weighted by molar-refractivity contribution is 5.74. The van der Waals surface area contributed by atoms with Crippen molar-refractivity contribution in [2.45, 2.75) is 32.2 Å². The van der Waals surface area contributed by atoms with Gasteiger partial charge in [-0.1, -0.05) is 6.07 Å². The SMILES string of the molecule is Cc1cncc(CNC(=O)N2CCN(c3cc(C4CC4)[nH]n3)CC2)c1. The molecule has 2 N–H and O–H groups in total. The number of carbonyl (C=O) groups is 1. The fraction of sp³-hybridized carbons (Fsp3) is 0.500. The van der Waals surface area contributed by atoms with E-state index < -0.39 is 0 Å². The van der Waals surface area contributed by atoms with Gasteiger partial charge in [-0.2, -0.15) is 5.10 Å². The molecule has 0 bridgehead atoms. The first-order chi connectivity index (χ1) is 12.2. The highest BCUT2D eigenvalue weighted by atomic mass is 16.2. The second-order valence-corrected chi connectivity index (χ2v) is 6.96. The lowest BCUT2D eigenvalue weighted by Crippen LogP contribution is -2.51. The molecule has 3 heterocycles. The first kappa shape index (κ1) is 15.9. The van der Waals surface area contributed by atoms with Crippen molar-refractivity contribution in [1.82, 2.24) is 25.4 Å². The van der Waals surface area contributed by atoms with E-state index in [4.69, 9.17) is 0 Å². The van der Waals surface area contributed by atoms with E-state index in [-0.39, 0.29) is 6.03 Å². The number of hydrogen-bond donors (Lipinski definition) is 2. The number of H-pyrrole nitrogens is 1. The van der Waals surface area contributed by atoms with Gasteiger partial charge in [-0.3, -0.25) is 10.1 Å². The maximum Gasteiger partial charge on any atom is 0.317 e. The van der Waals surface area contributed by atoms with E-state index in [1.165, 1.54) is 18.5 Å². The number of amides is 2. The summed E-state index contributed by atoms with van der Waals surface area (Å²) in [7, 11) is 0. The molecule has 2 amide bonds. The van der Waals surface area contributed by atoms with Gasteiger partial charge in [0.25, 0.3) is 0 Å². The van der Waals surface area contributed by atoms with Gasteiger partial charge in [0, 0.05) is 62.8 Å². The van der Waals surface area contributed by atoms with Gasteiger partial charge in [-0.05, 0) is 30.9 Å². The Morgan fingerprint density at radius 3 is 2.76 bits per heavy atom. The van der Waals surface area contributed by atoms with Crippen molar-refractivity contribution in [3.63, 3.8) is 0 Å². The van der Waals surface area contributed by atoms with Crippen LogP contribution in [0.5, 0.6) is 0 Å². The van der Waals surface area contributed by atoms with E-state index in [2.05, 4.69) is 31.5 Å². The predicted octanol–water partition coefficient (Wildman–Crippen LogP) is 2.02. The number of urea groups is 1. The Morgan fingerprint density at radius 2 is 2.04 bits per heavy atom. The van der Waals surface area contributed by atoms with E-state index in [9.17, 15) is 4.79 Å². The lowest BCUT2D eigenvalue weighted by Gasteiger charge is -2.34. The maximum absolute atomic E-state index is 12.4. The van der Waals surface area contributed by atoms with Crippen LogP contribution >= 0.6 is 0 Å². The third-order valence-corrected chi connectivity index (χ3v) is 4.87. The second kappa shape index (κ2) is 6.74. The summed E-state index contributed by atoms with van der Waals surface area (Å²) >= 11 is 0. The Morgan fingerprint density at radius 1 is 1.24 bits per heavy atom. The summed E-state index contributed by atoms with van der Waals surface area (Å²) < 4.78 is 0. The van der Waals surface area contributed by atoms with Gasteiger partial charge in [-0.25, -0.2) is 4.79 Å². The van der Waals surface area contributed by atoms with Crippen LogP contribution < -0.4 is 10.2 Å². The molecule has 0 atom stereocenters. The first-order valence-corrected chi connectivity index (χ1v) is 8.92. The lowest BCUT2D eigenvalue weighted by atomic mass is 10.2. The molecule has 0 aromatic carbocycles. The summed E-state index contributed by atoms with van der Waals surface area (Å²) in [4.78, 5) is 20.6. The molecule has 1 saturated carbocycles. The lowest BCUT2D eigenvalue weighted by molar-refractivity contribution is 0.194. The number of aromatic amines is 1. The molecule has 2 fully saturated rings. The van der Waals surface area contributed by atoms with E-state index in [1.54, 1.807) is 6.20 Å². The van der Waals surface area contributed by atoms with E-state index >= 15 is 0 Å². The number of nitrogens with one attached hydrogen (secondary N) is 2. The molecule has 132 valence electrons. The van der Waals surface area contributed by atoms with Crippen LogP contribution in [0.25, 0.3) is 0 Å². The minimum atomic E-state index is -0.0122. The molecule has 0 unspecified atom stereocenters. The number of piperazine rings is 1. The number of nitrogens with zero attached hydrogens (tertiary/aromatic N) is 4. The van der Waals surface area contributed by atoms with Gasteiger partial charge in [0.15, 0.2) is 5.82 Å². The Balaban J connectivity index is 1.26.